The monoisotopic (exact) mass is 428 g/mol. The molecule has 164 valence electrons. The fourth-order valence-electron chi connectivity index (χ4n) is 5.05. The standard InChI is InChI=1S/C20H32N2O6S/c1-9(2)15(21)17(23)22-12(18(24)27-4)8-29-16-10(3)7-11-5-6-13-20(11,26)14(16)19(25)28-13/h9-16,26H,5-8,21H2,1-4H3,(H,22,23)/t10-,11+,12-,13+,14?,15-,16+,20+/m0/s1. The highest BCUT2D eigenvalue weighted by atomic mass is 32.2. The number of hydrogen-bond donors (Lipinski definition) is 3. The molecule has 8 nitrogen and oxygen atoms in total. The zero-order valence-corrected chi connectivity index (χ0v) is 18.2. The Hall–Kier alpha value is -1.32. The van der Waals surface area contributed by atoms with Crippen LogP contribution in [0, 0.1) is 23.7 Å². The molecule has 0 aromatic heterocycles. The average Bonchev–Trinajstić information content (AvgIpc) is 3.12. The van der Waals surface area contributed by atoms with E-state index in [9.17, 15) is 19.5 Å². The van der Waals surface area contributed by atoms with Crippen LogP contribution in [-0.2, 0) is 23.9 Å². The number of rotatable bonds is 7. The van der Waals surface area contributed by atoms with E-state index in [1.165, 1.54) is 18.9 Å². The number of methoxy groups -OCH3 is 1. The Labute approximate surface area is 175 Å². The molecular weight excluding hydrogens is 396 g/mol. The highest BCUT2D eigenvalue weighted by molar-refractivity contribution is 8.00. The van der Waals surface area contributed by atoms with Crippen molar-refractivity contribution in [3.63, 3.8) is 0 Å². The van der Waals surface area contributed by atoms with Gasteiger partial charge >= 0.3 is 11.9 Å². The SMILES string of the molecule is COC(=O)[C@H](CS[C@H]1C2C(=O)O[C@@H]3CC[C@H](C[C@@H]1C)[C@]23O)NC(=O)[C@@H](N)C(C)C. The number of aliphatic hydroxyl groups is 1. The van der Waals surface area contributed by atoms with Crippen LogP contribution in [-0.4, -0.2) is 64.9 Å². The van der Waals surface area contributed by atoms with Gasteiger partial charge in [-0.2, -0.15) is 11.8 Å². The van der Waals surface area contributed by atoms with Crippen molar-refractivity contribution in [1.82, 2.24) is 5.32 Å². The van der Waals surface area contributed by atoms with Gasteiger partial charge in [0.15, 0.2) is 0 Å². The number of carbonyl (C=O) groups is 3. The molecule has 9 heteroatoms. The Morgan fingerprint density at radius 1 is 1.41 bits per heavy atom. The topological polar surface area (TPSA) is 128 Å². The average molecular weight is 429 g/mol. The summed E-state index contributed by atoms with van der Waals surface area (Å²) in [7, 11) is 1.27. The molecule has 0 spiro atoms. The molecule has 0 radical (unpaired) electrons. The number of esters is 2. The summed E-state index contributed by atoms with van der Waals surface area (Å²) in [6.07, 6.45) is 1.94. The summed E-state index contributed by atoms with van der Waals surface area (Å²) in [6.45, 7) is 5.73. The minimum absolute atomic E-state index is 0.0657. The van der Waals surface area contributed by atoms with Crippen molar-refractivity contribution in [2.75, 3.05) is 12.9 Å². The minimum Gasteiger partial charge on any atom is -0.467 e. The first-order chi connectivity index (χ1) is 13.6. The molecular formula is C20H32N2O6S. The highest BCUT2D eigenvalue weighted by Crippen LogP contribution is 2.58. The van der Waals surface area contributed by atoms with E-state index in [0.29, 0.717) is 6.42 Å². The van der Waals surface area contributed by atoms with Gasteiger partial charge < -0.3 is 25.6 Å². The van der Waals surface area contributed by atoms with Gasteiger partial charge in [-0.05, 0) is 37.0 Å². The second kappa shape index (κ2) is 8.43. The molecule has 0 aromatic carbocycles. The van der Waals surface area contributed by atoms with Crippen molar-refractivity contribution in [3.05, 3.63) is 0 Å². The van der Waals surface area contributed by atoms with Crippen LogP contribution in [0.3, 0.4) is 0 Å². The summed E-state index contributed by atoms with van der Waals surface area (Å²) in [4.78, 5) is 37.1. The maximum atomic E-state index is 12.6. The van der Waals surface area contributed by atoms with Gasteiger partial charge in [0.25, 0.3) is 0 Å². The molecule has 1 heterocycles. The van der Waals surface area contributed by atoms with Gasteiger partial charge in [-0.3, -0.25) is 9.59 Å². The summed E-state index contributed by atoms with van der Waals surface area (Å²) in [5.41, 5.74) is 4.77. The first kappa shape index (κ1) is 22.4. The largest absolute Gasteiger partial charge is 0.467 e. The number of thioether (sulfide) groups is 1. The lowest BCUT2D eigenvalue weighted by Crippen LogP contribution is -2.56. The first-order valence-corrected chi connectivity index (χ1v) is 11.3. The van der Waals surface area contributed by atoms with Crippen molar-refractivity contribution in [3.8, 4) is 0 Å². The van der Waals surface area contributed by atoms with Gasteiger partial charge in [-0.15, -0.1) is 0 Å². The smallest absolute Gasteiger partial charge is 0.329 e. The third kappa shape index (κ3) is 3.88. The molecule has 1 unspecified atom stereocenters. The lowest BCUT2D eigenvalue weighted by atomic mass is 9.66. The summed E-state index contributed by atoms with van der Waals surface area (Å²) >= 11 is 1.41. The molecule has 0 aromatic rings. The number of hydrogen-bond acceptors (Lipinski definition) is 8. The zero-order chi connectivity index (χ0) is 21.5. The summed E-state index contributed by atoms with van der Waals surface area (Å²) < 4.78 is 10.3. The van der Waals surface area contributed by atoms with Crippen LogP contribution < -0.4 is 11.1 Å². The van der Waals surface area contributed by atoms with Crippen LogP contribution in [0.4, 0.5) is 0 Å². The number of carbonyl (C=O) groups excluding carboxylic acids is 3. The van der Waals surface area contributed by atoms with Crippen molar-refractivity contribution in [2.24, 2.45) is 29.4 Å². The van der Waals surface area contributed by atoms with Crippen molar-refractivity contribution in [2.45, 2.75) is 69.1 Å². The van der Waals surface area contributed by atoms with E-state index in [2.05, 4.69) is 12.2 Å². The maximum Gasteiger partial charge on any atom is 0.329 e. The molecule has 4 N–H and O–H groups in total. The Balaban J connectivity index is 1.72. The zero-order valence-electron chi connectivity index (χ0n) is 17.4. The van der Waals surface area contributed by atoms with Gasteiger partial charge in [0.05, 0.1) is 13.2 Å². The summed E-state index contributed by atoms with van der Waals surface area (Å²) in [6, 6.07) is -1.61. The second-order valence-electron chi connectivity index (χ2n) is 8.93. The first-order valence-electron chi connectivity index (χ1n) is 10.3. The molecule has 2 saturated carbocycles. The lowest BCUT2D eigenvalue weighted by molar-refractivity contribution is -0.145. The molecule has 0 bridgehead atoms. The Kier molecular flexibility index (Phi) is 6.50. The van der Waals surface area contributed by atoms with Crippen LogP contribution in [0.25, 0.3) is 0 Å². The maximum absolute atomic E-state index is 12.6. The van der Waals surface area contributed by atoms with E-state index in [-0.39, 0.29) is 34.7 Å². The third-order valence-corrected chi connectivity index (χ3v) is 8.43. The molecule has 2 aliphatic carbocycles. The fraction of sp³-hybridized carbons (Fsp3) is 0.850. The van der Waals surface area contributed by atoms with Crippen LogP contribution in [0.5, 0.6) is 0 Å². The predicted octanol–water partition coefficient (Wildman–Crippen LogP) is 0.452. The van der Waals surface area contributed by atoms with Gasteiger partial charge in [-0.25, -0.2) is 4.79 Å². The number of amides is 1. The molecule has 1 amide bonds. The van der Waals surface area contributed by atoms with E-state index >= 15 is 0 Å². The normalized spacial score (nSPS) is 37.6. The van der Waals surface area contributed by atoms with E-state index in [0.717, 1.165) is 12.8 Å². The second-order valence-corrected chi connectivity index (χ2v) is 10.1. The van der Waals surface area contributed by atoms with E-state index in [1.54, 1.807) is 0 Å². The van der Waals surface area contributed by atoms with Crippen LogP contribution in [0.15, 0.2) is 0 Å². The third-order valence-electron chi connectivity index (χ3n) is 6.78. The van der Waals surface area contributed by atoms with Gasteiger partial charge in [0, 0.05) is 11.0 Å². The fourth-order valence-corrected chi connectivity index (χ4v) is 6.65. The van der Waals surface area contributed by atoms with Crippen LogP contribution in [0.1, 0.15) is 40.0 Å². The van der Waals surface area contributed by atoms with Crippen LogP contribution in [0.2, 0.25) is 0 Å². The molecule has 3 aliphatic rings. The molecule has 8 atom stereocenters. The van der Waals surface area contributed by atoms with Crippen molar-refractivity contribution in [1.29, 1.82) is 0 Å². The number of nitrogens with one attached hydrogen (secondary N) is 1. The number of nitrogens with two attached hydrogens (primary N) is 1. The predicted molar refractivity (Wildman–Crippen MR) is 108 cm³/mol. The minimum atomic E-state index is -1.12. The highest BCUT2D eigenvalue weighted by Gasteiger charge is 2.68. The lowest BCUT2D eigenvalue weighted by Gasteiger charge is -2.44. The van der Waals surface area contributed by atoms with Gasteiger partial charge in [0.2, 0.25) is 5.91 Å². The molecule has 1 saturated heterocycles. The quantitative estimate of drug-likeness (QED) is 0.499. The van der Waals surface area contributed by atoms with Gasteiger partial charge in [0.1, 0.15) is 23.7 Å². The Bertz CT molecular complexity index is 673. The number of ether oxygens (including phenoxy) is 2. The molecule has 3 rings (SSSR count). The Morgan fingerprint density at radius 3 is 2.72 bits per heavy atom. The van der Waals surface area contributed by atoms with E-state index < -0.39 is 41.6 Å². The van der Waals surface area contributed by atoms with E-state index in [4.69, 9.17) is 15.2 Å². The summed E-state index contributed by atoms with van der Waals surface area (Å²) in [5.74, 6) is -1.54. The summed E-state index contributed by atoms with van der Waals surface area (Å²) in [5, 5.41) is 13.8. The molecule has 3 fully saturated rings. The van der Waals surface area contributed by atoms with Gasteiger partial charge in [-0.1, -0.05) is 20.8 Å². The Morgan fingerprint density at radius 2 is 2.10 bits per heavy atom. The van der Waals surface area contributed by atoms with Crippen LogP contribution >= 0.6 is 11.8 Å². The van der Waals surface area contributed by atoms with Crippen molar-refractivity contribution >= 4 is 29.6 Å². The van der Waals surface area contributed by atoms with Crippen molar-refractivity contribution < 1.29 is 29.0 Å². The molecule has 29 heavy (non-hydrogen) atoms. The molecule has 1 aliphatic heterocycles. The van der Waals surface area contributed by atoms with E-state index in [1.807, 2.05) is 13.8 Å².